The largest absolute Gasteiger partial charge is 0.381 e. The Morgan fingerprint density at radius 3 is 2.62 bits per heavy atom. The molecule has 3 heterocycles. The number of amides is 1. The summed E-state index contributed by atoms with van der Waals surface area (Å²) in [5.74, 6) is 0.0621. The molecule has 29 heavy (non-hydrogen) atoms. The normalized spacial score (nSPS) is 19.7. The summed E-state index contributed by atoms with van der Waals surface area (Å²) in [5.41, 5.74) is 1.58. The van der Waals surface area contributed by atoms with E-state index in [-0.39, 0.29) is 11.9 Å². The molecule has 4 rings (SSSR count). The second kappa shape index (κ2) is 9.24. The standard InChI is InChI=1S/C22H33N5O2/c1-24-12-14-26(15-13-24)10-5-11-27(18-8-16-29-17-9-18)22(28)21-19-6-3-4-7-20(19)25(2)23-21/h3-4,6-7,18H,5,8-17H2,1-2H3. The SMILES string of the molecule is CN1CCN(CCCN(C(=O)c2nn(C)c3ccccc23)C2CCOCC2)CC1. The number of piperazine rings is 1. The lowest BCUT2D eigenvalue weighted by Crippen LogP contribution is -2.47. The number of rotatable bonds is 6. The van der Waals surface area contributed by atoms with Crippen LogP contribution in [0, 0.1) is 0 Å². The first kappa shape index (κ1) is 20.3. The topological polar surface area (TPSA) is 53.8 Å². The molecule has 0 atom stereocenters. The van der Waals surface area contributed by atoms with Crippen LogP contribution < -0.4 is 0 Å². The zero-order chi connectivity index (χ0) is 20.2. The van der Waals surface area contributed by atoms with Gasteiger partial charge in [-0.15, -0.1) is 0 Å². The molecule has 1 amide bonds. The van der Waals surface area contributed by atoms with Crippen LogP contribution in [-0.4, -0.2) is 96.0 Å². The van der Waals surface area contributed by atoms with E-state index in [4.69, 9.17) is 4.74 Å². The number of nitrogens with zero attached hydrogens (tertiary/aromatic N) is 5. The van der Waals surface area contributed by atoms with E-state index in [9.17, 15) is 4.79 Å². The van der Waals surface area contributed by atoms with Crippen molar-refractivity contribution in [2.75, 3.05) is 59.5 Å². The Morgan fingerprint density at radius 2 is 1.86 bits per heavy atom. The van der Waals surface area contributed by atoms with Gasteiger partial charge in [-0.3, -0.25) is 9.48 Å². The van der Waals surface area contributed by atoms with Crippen molar-refractivity contribution in [2.24, 2.45) is 7.05 Å². The highest BCUT2D eigenvalue weighted by Gasteiger charge is 2.29. The number of benzene rings is 1. The quantitative estimate of drug-likeness (QED) is 0.742. The molecule has 0 bridgehead atoms. The summed E-state index contributed by atoms with van der Waals surface area (Å²) in [6, 6.07) is 8.23. The van der Waals surface area contributed by atoms with Crippen molar-refractivity contribution >= 4 is 16.8 Å². The van der Waals surface area contributed by atoms with Gasteiger partial charge >= 0.3 is 0 Å². The number of fused-ring (bicyclic) bond motifs is 1. The molecule has 2 aromatic rings. The van der Waals surface area contributed by atoms with Crippen LogP contribution in [0.4, 0.5) is 0 Å². The lowest BCUT2D eigenvalue weighted by Gasteiger charge is -2.36. The third kappa shape index (κ3) is 4.63. The van der Waals surface area contributed by atoms with Crippen molar-refractivity contribution in [1.82, 2.24) is 24.5 Å². The predicted molar refractivity (Wildman–Crippen MR) is 114 cm³/mol. The summed E-state index contributed by atoms with van der Waals surface area (Å²) in [5, 5.41) is 5.53. The zero-order valence-corrected chi connectivity index (χ0v) is 17.7. The van der Waals surface area contributed by atoms with E-state index >= 15 is 0 Å². The van der Waals surface area contributed by atoms with E-state index in [1.54, 1.807) is 0 Å². The summed E-state index contributed by atoms with van der Waals surface area (Å²) in [6.07, 6.45) is 2.81. The summed E-state index contributed by atoms with van der Waals surface area (Å²) in [6.45, 7) is 7.78. The number of aryl methyl sites for hydroxylation is 1. The van der Waals surface area contributed by atoms with E-state index in [1.165, 1.54) is 0 Å². The van der Waals surface area contributed by atoms with Gasteiger partial charge in [0.2, 0.25) is 0 Å². The van der Waals surface area contributed by atoms with Gasteiger partial charge in [-0.25, -0.2) is 0 Å². The van der Waals surface area contributed by atoms with Gasteiger partial charge < -0.3 is 19.4 Å². The van der Waals surface area contributed by atoms with E-state index < -0.39 is 0 Å². The molecule has 7 nitrogen and oxygen atoms in total. The van der Waals surface area contributed by atoms with Crippen LogP contribution in [0.15, 0.2) is 24.3 Å². The van der Waals surface area contributed by atoms with Crippen LogP contribution in [-0.2, 0) is 11.8 Å². The molecular formula is C22H33N5O2. The van der Waals surface area contributed by atoms with E-state index in [1.807, 2.05) is 36.0 Å². The number of ether oxygens (including phenoxy) is 1. The Labute approximate surface area is 173 Å². The Hall–Kier alpha value is -1.96. The molecule has 2 aliphatic heterocycles. The molecule has 0 spiro atoms. The molecule has 7 heteroatoms. The predicted octanol–water partition coefficient (Wildman–Crippen LogP) is 1.83. The van der Waals surface area contributed by atoms with Crippen molar-refractivity contribution in [3.05, 3.63) is 30.0 Å². The molecule has 0 unspecified atom stereocenters. The Kier molecular flexibility index (Phi) is 6.47. The second-order valence-corrected chi connectivity index (χ2v) is 8.33. The summed E-state index contributed by atoms with van der Waals surface area (Å²) in [4.78, 5) is 20.6. The number of carbonyl (C=O) groups is 1. The lowest BCUT2D eigenvalue weighted by molar-refractivity contribution is 0.0273. The highest BCUT2D eigenvalue weighted by molar-refractivity contribution is 6.05. The summed E-state index contributed by atoms with van der Waals surface area (Å²) in [7, 11) is 4.09. The van der Waals surface area contributed by atoms with Gasteiger partial charge in [0.15, 0.2) is 5.69 Å². The first-order valence-electron chi connectivity index (χ1n) is 10.8. The van der Waals surface area contributed by atoms with Crippen molar-refractivity contribution in [1.29, 1.82) is 0 Å². The van der Waals surface area contributed by atoms with Gasteiger partial charge in [-0.05, 0) is 38.9 Å². The van der Waals surface area contributed by atoms with E-state index in [0.29, 0.717) is 5.69 Å². The van der Waals surface area contributed by atoms with Gasteiger partial charge in [0.1, 0.15) is 0 Å². The average Bonchev–Trinajstić information content (AvgIpc) is 3.10. The second-order valence-electron chi connectivity index (χ2n) is 8.33. The molecule has 0 saturated carbocycles. The fourth-order valence-electron chi connectivity index (χ4n) is 4.49. The molecule has 2 fully saturated rings. The zero-order valence-electron chi connectivity index (χ0n) is 17.7. The number of hydrogen-bond donors (Lipinski definition) is 0. The van der Waals surface area contributed by atoms with E-state index in [2.05, 4.69) is 26.8 Å². The molecule has 0 N–H and O–H groups in total. The number of hydrogen-bond acceptors (Lipinski definition) is 5. The van der Waals surface area contributed by atoms with Crippen molar-refractivity contribution < 1.29 is 9.53 Å². The van der Waals surface area contributed by atoms with Gasteiger partial charge in [0, 0.05) is 64.4 Å². The number of para-hydroxylation sites is 1. The molecule has 2 aliphatic rings. The third-order valence-corrected chi connectivity index (χ3v) is 6.32. The van der Waals surface area contributed by atoms with E-state index in [0.717, 1.165) is 82.6 Å². The first-order chi connectivity index (χ1) is 14.1. The molecule has 1 aromatic heterocycles. The van der Waals surface area contributed by atoms with Crippen LogP contribution in [0.25, 0.3) is 10.9 Å². The summed E-state index contributed by atoms with van der Waals surface area (Å²) < 4.78 is 7.36. The number of aromatic nitrogens is 2. The minimum atomic E-state index is 0.0621. The third-order valence-electron chi connectivity index (χ3n) is 6.32. The molecule has 0 radical (unpaired) electrons. The van der Waals surface area contributed by atoms with Crippen molar-refractivity contribution in [3.8, 4) is 0 Å². The van der Waals surface area contributed by atoms with Gasteiger partial charge in [-0.2, -0.15) is 5.10 Å². The highest BCUT2D eigenvalue weighted by atomic mass is 16.5. The molecule has 158 valence electrons. The molecule has 1 aromatic carbocycles. The van der Waals surface area contributed by atoms with Crippen molar-refractivity contribution in [3.63, 3.8) is 0 Å². The Bertz CT molecular complexity index is 822. The number of carbonyl (C=O) groups excluding carboxylic acids is 1. The monoisotopic (exact) mass is 399 g/mol. The minimum Gasteiger partial charge on any atom is -0.381 e. The molecular weight excluding hydrogens is 366 g/mol. The van der Waals surface area contributed by atoms with Crippen LogP contribution in [0.3, 0.4) is 0 Å². The Balaban J connectivity index is 1.48. The van der Waals surface area contributed by atoms with Gasteiger partial charge in [0.25, 0.3) is 5.91 Å². The van der Waals surface area contributed by atoms with Gasteiger partial charge in [0.05, 0.1) is 5.52 Å². The molecule has 2 saturated heterocycles. The van der Waals surface area contributed by atoms with Crippen LogP contribution in [0.1, 0.15) is 29.8 Å². The maximum absolute atomic E-state index is 13.6. The van der Waals surface area contributed by atoms with Gasteiger partial charge in [-0.1, -0.05) is 18.2 Å². The smallest absolute Gasteiger partial charge is 0.275 e. The lowest BCUT2D eigenvalue weighted by atomic mass is 10.1. The van der Waals surface area contributed by atoms with Crippen molar-refractivity contribution in [2.45, 2.75) is 25.3 Å². The number of likely N-dealkylation sites (N-methyl/N-ethyl adjacent to an activating group) is 1. The fraction of sp³-hybridized carbons (Fsp3) is 0.636. The van der Waals surface area contributed by atoms with Crippen LogP contribution >= 0.6 is 0 Å². The summed E-state index contributed by atoms with van der Waals surface area (Å²) >= 11 is 0. The van der Waals surface area contributed by atoms with Crippen LogP contribution in [0.2, 0.25) is 0 Å². The van der Waals surface area contributed by atoms with Crippen LogP contribution in [0.5, 0.6) is 0 Å². The first-order valence-corrected chi connectivity index (χ1v) is 10.8. The highest BCUT2D eigenvalue weighted by Crippen LogP contribution is 2.23. The average molecular weight is 400 g/mol. The molecule has 0 aliphatic carbocycles. The minimum absolute atomic E-state index is 0.0621. The fourth-order valence-corrected chi connectivity index (χ4v) is 4.49. The Morgan fingerprint density at radius 1 is 1.14 bits per heavy atom. The maximum Gasteiger partial charge on any atom is 0.275 e. The maximum atomic E-state index is 13.6.